The summed E-state index contributed by atoms with van der Waals surface area (Å²) in [5.41, 5.74) is 0.147. The fraction of sp³-hybridized carbons (Fsp3) is 0.375. The van der Waals surface area contributed by atoms with E-state index >= 15 is 0 Å². The van der Waals surface area contributed by atoms with Crippen molar-refractivity contribution in [2.24, 2.45) is 0 Å². The zero-order chi connectivity index (χ0) is 18.4. The third-order valence-corrected chi connectivity index (χ3v) is 3.69. The Balaban J connectivity index is 2.18. The number of hydrogen-bond donors (Lipinski definition) is 3. The van der Waals surface area contributed by atoms with E-state index < -0.39 is 12.0 Å². The number of nitrogens with one attached hydrogen (secondary N) is 2. The molecule has 3 N–H and O–H groups in total. The molecule has 0 radical (unpaired) electrons. The van der Waals surface area contributed by atoms with E-state index in [1.54, 1.807) is 18.2 Å². The Morgan fingerprint density at radius 1 is 1.40 bits per heavy atom. The molecule has 2 amide bonds. The summed E-state index contributed by atoms with van der Waals surface area (Å²) in [5, 5.41) is 12.1. The van der Waals surface area contributed by atoms with Gasteiger partial charge in [-0.2, -0.15) is 0 Å². The molecular formula is C16H19ClN4O4. The number of nitrogens with zero attached hydrogens (tertiary/aromatic N) is 2. The Morgan fingerprint density at radius 2 is 2.16 bits per heavy atom. The molecule has 25 heavy (non-hydrogen) atoms. The first kappa shape index (κ1) is 18.7. The Kier molecular flexibility index (Phi) is 6.35. The SMILES string of the molecule is CCCN(Cc1nc2cc(Cl)ccc2c(=O)[nH]1)C(=O)NCCC(=O)O. The number of hydrogen-bond acceptors (Lipinski definition) is 4. The second kappa shape index (κ2) is 8.48. The van der Waals surface area contributed by atoms with E-state index in [4.69, 9.17) is 16.7 Å². The predicted octanol–water partition coefficient (Wildman–Crippen LogP) is 1.97. The number of fused-ring (bicyclic) bond motifs is 1. The maximum absolute atomic E-state index is 12.2. The van der Waals surface area contributed by atoms with Crippen LogP contribution < -0.4 is 10.9 Å². The van der Waals surface area contributed by atoms with Crippen LogP contribution in [0, 0.1) is 0 Å². The molecule has 0 unspecified atom stereocenters. The molecule has 0 bridgehead atoms. The summed E-state index contributed by atoms with van der Waals surface area (Å²) in [7, 11) is 0. The predicted molar refractivity (Wildman–Crippen MR) is 93.7 cm³/mol. The highest BCUT2D eigenvalue weighted by Gasteiger charge is 2.15. The van der Waals surface area contributed by atoms with Crippen molar-refractivity contribution in [3.63, 3.8) is 0 Å². The quantitative estimate of drug-likeness (QED) is 0.692. The third kappa shape index (κ3) is 5.18. The molecule has 1 aromatic carbocycles. The van der Waals surface area contributed by atoms with E-state index in [0.29, 0.717) is 34.7 Å². The number of halogens is 1. The Labute approximate surface area is 148 Å². The fourth-order valence-electron chi connectivity index (χ4n) is 2.33. The second-order valence-corrected chi connectivity index (χ2v) is 5.91. The lowest BCUT2D eigenvalue weighted by Crippen LogP contribution is -2.41. The minimum Gasteiger partial charge on any atom is -0.481 e. The van der Waals surface area contributed by atoms with Crippen LogP contribution in [0.2, 0.25) is 5.02 Å². The lowest BCUT2D eigenvalue weighted by atomic mass is 10.2. The van der Waals surface area contributed by atoms with Crippen molar-refractivity contribution in [3.8, 4) is 0 Å². The normalized spacial score (nSPS) is 10.6. The molecule has 0 aliphatic heterocycles. The number of H-pyrrole nitrogens is 1. The standard InChI is InChI=1S/C16H19ClN4O4/c1-2-7-21(16(25)18-6-5-14(22)23)9-13-19-12-8-10(17)3-4-11(12)15(24)20-13/h3-4,8H,2,5-7,9H2,1H3,(H,18,25)(H,22,23)(H,19,20,24). The molecule has 1 aromatic heterocycles. The molecule has 0 atom stereocenters. The summed E-state index contributed by atoms with van der Waals surface area (Å²) < 4.78 is 0. The smallest absolute Gasteiger partial charge is 0.317 e. The number of carbonyl (C=O) groups excluding carboxylic acids is 1. The van der Waals surface area contributed by atoms with Crippen molar-refractivity contribution in [2.45, 2.75) is 26.3 Å². The first-order chi connectivity index (χ1) is 11.9. The molecule has 134 valence electrons. The second-order valence-electron chi connectivity index (χ2n) is 5.47. The van der Waals surface area contributed by atoms with Gasteiger partial charge >= 0.3 is 12.0 Å². The van der Waals surface area contributed by atoms with Gasteiger partial charge in [0.15, 0.2) is 0 Å². The first-order valence-corrected chi connectivity index (χ1v) is 8.21. The van der Waals surface area contributed by atoms with Crippen LogP contribution in [-0.2, 0) is 11.3 Å². The molecule has 0 fully saturated rings. The fourth-order valence-corrected chi connectivity index (χ4v) is 2.49. The van der Waals surface area contributed by atoms with Gasteiger partial charge in [-0.15, -0.1) is 0 Å². The van der Waals surface area contributed by atoms with E-state index in [0.717, 1.165) is 0 Å². The van der Waals surface area contributed by atoms with Crippen molar-refractivity contribution < 1.29 is 14.7 Å². The number of carboxylic acid groups (broad SMARTS) is 1. The van der Waals surface area contributed by atoms with Crippen molar-refractivity contribution in [1.29, 1.82) is 0 Å². The Bertz CT molecular complexity index is 836. The number of carbonyl (C=O) groups is 2. The monoisotopic (exact) mass is 366 g/mol. The average molecular weight is 367 g/mol. The lowest BCUT2D eigenvalue weighted by Gasteiger charge is -2.22. The van der Waals surface area contributed by atoms with E-state index in [1.807, 2.05) is 6.92 Å². The third-order valence-electron chi connectivity index (χ3n) is 3.45. The highest BCUT2D eigenvalue weighted by Crippen LogP contribution is 2.15. The summed E-state index contributed by atoms with van der Waals surface area (Å²) in [6.45, 7) is 2.49. The van der Waals surface area contributed by atoms with Crippen LogP contribution in [-0.4, -0.2) is 45.1 Å². The van der Waals surface area contributed by atoms with Crippen LogP contribution >= 0.6 is 11.6 Å². The summed E-state index contributed by atoms with van der Waals surface area (Å²) in [6, 6.07) is 4.39. The molecule has 8 nitrogen and oxygen atoms in total. The summed E-state index contributed by atoms with van der Waals surface area (Å²) in [4.78, 5) is 43.4. The number of carboxylic acids is 1. The van der Waals surface area contributed by atoms with Gasteiger partial charge in [0.25, 0.3) is 5.56 Å². The number of amides is 2. The van der Waals surface area contributed by atoms with Crippen LogP contribution in [0.1, 0.15) is 25.6 Å². The minimum atomic E-state index is -0.986. The maximum atomic E-state index is 12.2. The number of aliphatic carboxylic acids is 1. The molecule has 9 heteroatoms. The molecule has 0 spiro atoms. The topological polar surface area (TPSA) is 115 Å². The van der Waals surface area contributed by atoms with Gasteiger partial charge < -0.3 is 20.3 Å². The maximum Gasteiger partial charge on any atom is 0.317 e. The van der Waals surface area contributed by atoms with Gasteiger partial charge in [0, 0.05) is 18.1 Å². The molecule has 2 rings (SSSR count). The number of aromatic nitrogens is 2. The highest BCUT2D eigenvalue weighted by atomic mass is 35.5. The number of urea groups is 1. The highest BCUT2D eigenvalue weighted by molar-refractivity contribution is 6.31. The van der Waals surface area contributed by atoms with Crippen molar-refractivity contribution in [1.82, 2.24) is 20.2 Å². The molecule has 0 saturated heterocycles. The summed E-state index contributed by atoms with van der Waals surface area (Å²) in [5.74, 6) is -0.652. The zero-order valence-electron chi connectivity index (χ0n) is 13.7. The van der Waals surface area contributed by atoms with Gasteiger partial charge in [-0.25, -0.2) is 9.78 Å². The van der Waals surface area contributed by atoms with Crippen LogP contribution in [0.4, 0.5) is 4.79 Å². The van der Waals surface area contributed by atoms with Gasteiger partial charge in [-0.3, -0.25) is 9.59 Å². The van der Waals surface area contributed by atoms with E-state index in [9.17, 15) is 14.4 Å². The van der Waals surface area contributed by atoms with Gasteiger partial charge in [0.1, 0.15) is 5.82 Å². The molecular weight excluding hydrogens is 348 g/mol. The first-order valence-electron chi connectivity index (χ1n) is 7.83. The average Bonchev–Trinajstić information content (AvgIpc) is 2.53. The van der Waals surface area contributed by atoms with Crippen molar-refractivity contribution in [2.75, 3.05) is 13.1 Å². The van der Waals surface area contributed by atoms with Crippen LogP contribution in [0.3, 0.4) is 0 Å². The zero-order valence-corrected chi connectivity index (χ0v) is 14.5. The number of aromatic amines is 1. The number of benzene rings is 1. The molecule has 1 heterocycles. The van der Waals surface area contributed by atoms with Gasteiger partial charge in [0.05, 0.1) is 23.9 Å². The molecule has 0 aliphatic carbocycles. The summed E-state index contributed by atoms with van der Waals surface area (Å²) in [6.07, 6.45) is 0.547. The largest absolute Gasteiger partial charge is 0.481 e. The van der Waals surface area contributed by atoms with Crippen LogP contribution in [0.5, 0.6) is 0 Å². The van der Waals surface area contributed by atoms with Gasteiger partial charge in [-0.05, 0) is 24.6 Å². The van der Waals surface area contributed by atoms with Crippen LogP contribution in [0.25, 0.3) is 10.9 Å². The number of rotatable bonds is 7. The summed E-state index contributed by atoms with van der Waals surface area (Å²) >= 11 is 5.94. The molecule has 2 aromatic rings. The minimum absolute atomic E-state index is 0.0334. The van der Waals surface area contributed by atoms with Crippen LogP contribution in [0.15, 0.2) is 23.0 Å². The molecule has 0 saturated carbocycles. The van der Waals surface area contributed by atoms with E-state index in [2.05, 4.69) is 15.3 Å². The Hall–Kier alpha value is -2.61. The van der Waals surface area contributed by atoms with Crippen molar-refractivity contribution >= 4 is 34.5 Å². The van der Waals surface area contributed by atoms with Crippen molar-refractivity contribution in [3.05, 3.63) is 39.4 Å². The van der Waals surface area contributed by atoms with E-state index in [1.165, 1.54) is 4.90 Å². The van der Waals surface area contributed by atoms with Gasteiger partial charge in [-0.1, -0.05) is 18.5 Å². The Morgan fingerprint density at radius 3 is 2.84 bits per heavy atom. The van der Waals surface area contributed by atoms with Gasteiger partial charge in [0.2, 0.25) is 0 Å². The molecule has 0 aliphatic rings. The van der Waals surface area contributed by atoms with E-state index in [-0.39, 0.29) is 25.1 Å². The lowest BCUT2D eigenvalue weighted by molar-refractivity contribution is -0.136.